The molecule has 1 aliphatic rings. The number of aromatic nitrogens is 5. The van der Waals surface area contributed by atoms with Crippen molar-refractivity contribution >= 4 is 11.8 Å². The Bertz CT molecular complexity index is 535. The molecule has 0 aliphatic carbocycles. The minimum atomic E-state index is 0.392. The number of hydrogen-bond acceptors (Lipinski definition) is 7. The molecule has 0 spiro atoms. The second-order valence-corrected chi connectivity index (χ2v) is 5.57. The summed E-state index contributed by atoms with van der Waals surface area (Å²) in [5.41, 5.74) is 0.645. The highest BCUT2D eigenvalue weighted by Crippen LogP contribution is 2.18. The molecule has 1 fully saturated rings. The third kappa shape index (κ3) is 2.79. The van der Waals surface area contributed by atoms with Gasteiger partial charge in [-0.1, -0.05) is 17.3 Å². The van der Waals surface area contributed by atoms with Crippen LogP contribution in [0.4, 0.5) is 0 Å². The Labute approximate surface area is 115 Å². The van der Waals surface area contributed by atoms with Crippen LogP contribution < -0.4 is 5.32 Å². The molecule has 0 unspecified atom stereocenters. The van der Waals surface area contributed by atoms with Crippen LogP contribution >= 0.6 is 11.8 Å². The average molecular weight is 280 g/mol. The molecule has 3 rings (SSSR count). The van der Waals surface area contributed by atoms with E-state index in [1.54, 1.807) is 11.8 Å². The van der Waals surface area contributed by atoms with E-state index in [-0.39, 0.29) is 0 Å². The number of nitrogens with one attached hydrogen (secondary N) is 1. The molecule has 2 aromatic heterocycles. The van der Waals surface area contributed by atoms with Gasteiger partial charge in [0.1, 0.15) is 0 Å². The normalized spacial score (nSPS) is 15.6. The van der Waals surface area contributed by atoms with Crippen LogP contribution in [0.2, 0.25) is 0 Å². The van der Waals surface area contributed by atoms with Crippen molar-refractivity contribution in [3.8, 4) is 11.6 Å². The largest absolute Gasteiger partial charge is 0.332 e. The maximum Gasteiger partial charge on any atom is 0.280 e. The van der Waals surface area contributed by atoms with Crippen molar-refractivity contribution in [2.24, 2.45) is 0 Å². The summed E-state index contributed by atoms with van der Waals surface area (Å²) in [5, 5.41) is 15.3. The second kappa shape index (κ2) is 5.70. The van der Waals surface area contributed by atoms with Crippen LogP contribution in [0.1, 0.15) is 25.2 Å². The minimum absolute atomic E-state index is 0.392. The van der Waals surface area contributed by atoms with Crippen LogP contribution in [0.25, 0.3) is 11.6 Å². The molecule has 0 saturated carbocycles. The monoisotopic (exact) mass is 280 g/mol. The number of nitrogens with zero attached hydrogens (tertiary/aromatic N) is 5. The van der Waals surface area contributed by atoms with Gasteiger partial charge < -0.3 is 9.84 Å². The maximum atomic E-state index is 5.22. The highest BCUT2D eigenvalue weighted by molar-refractivity contribution is 7.98. The summed E-state index contributed by atoms with van der Waals surface area (Å²) in [7, 11) is 0. The zero-order valence-electron chi connectivity index (χ0n) is 10.7. The van der Waals surface area contributed by atoms with Gasteiger partial charge in [0.05, 0.1) is 18.0 Å². The van der Waals surface area contributed by atoms with Crippen LogP contribution in [0.15, 0.2) is 10.7 Å². The molecule has 102 valence electrons. The lowest BCUT2D eigenvalue weighted by atomic mass is 10.2. The fourth-order valence-electron chi connectivity index (χ4n) is 1.74. The zero-order chi connectivity index (χ0) is 13.1. The second-order valence-electron chi connectivity index (χ2n) is 4.46. The van der Waals surface area contributed by atoms with Gasteiger partial charge in [-0.2, -0.15) is 16.7 Å². The number of rotatable bonds is 6. The first-order chi connectivity index (χ1) is 9.36. The van der Waals surface area contributed by atoms with Gasteiger partial charge in [0.15, 0.2) is 11.5 Å². The molecule has 8 heteroatoms. The Kier molecular flexibility index (Phi) is 3.79. The molecule has 19 heavy (non-hydrogen) atoms. The topological polar surface area (TPSA) is 81.7 Å². The first-order valence-electron chi connectivity index (χ1n) is 6.40. The summed E-state index contributed by atoms with van der Waals surface area (Å²) in [4.78, 5) is 4.34. The van der Waals surface area contributed by atoms with Crippen molar-refractivity contribution in [3.05, 3.63) is 12.0 Å². The van der Waals surface area contributed by atoms with E-state index in [4.69, 9.17) is 4.52 Å². The van der Waals surface area contributed by atoms with Crippen LogP contribution in [0, 0.1) is 0 Å². The van der Waals surface area contributed by atoms with Gasteiger partial charge in [-0.15, -0.1) is 5.10 Å². The van der Waals surface area contributed by atoms with E-state index in [0.29, 0.717) is 23.5 Å². The third-order valence-electron chi connectivity index (χ3n) is 2.91. The molecule has 7 nitrogen and oxygen atoms in total. The number of thioether (sulfide) groups is 1. The molecule has 2 aromatic rings. The van der Waals surface area contributed by atoms with Crippen molar-refractivity contribution < 1.29 is 4.52 Å². The highest BCUT2D eigenvalue weighted by atomic mass is 32.2. The summed E-state index contributed by atoms with van der Waals surface area (Å²) in [6.45, 7) is 4.03. The van der Waals surface area contributed by atoms with Crippen LogP contribution in [0.5, 0.6) is 0 Å². The fourth-order valence-corrected chi connectivity index (χ4v) is 2.47. The fraction of sp³-hybridized carbons (Fsp3) is 0.636. The van der Waals surface area contributed by atoms with E-state index in [9.17, 15) is 0 Å². The summed E-state index contributed by atoms with van der Waals surface area (Å²) in [6.07, 6.45) is 3.01. The smallest absolute Gasteiger partial charge is 0.280 e. The Hall–Kier alpha value is -1.41. The summed E-state index contributed by atoms with van der Waals surface area (Å²) >= 11 is 1.80. The van der Waals surface area contributed by atoms with Crippen molar-refractivity contribution in [3.63, 3.8) is 0 Å². The first kappa shape index (κ1) is 12.6. The van der Waals surface area contributed by atoms with Gasteiger partial charge in [-0.05, 0) is 12.2 Å². The lowest BCUT2D eigenvalue weighted by Crippen LogP contribution is -2.43. The SMILES string of the molecule is CCCSCc1noc(-c2cn(C3CNC3)nn2)n1. The molecule has 3 heterocycles. The molecule has 0 aromatic carbocycles. The Morgan fingerprint density at radius 1 is 1.53 bits per heavy atom. The zero-order valence-corrected chi connectivity index (χ0v) is 11.6. The predicted molar refractivity (Wildman–Crippen MR) is 71.7 cm³/mol. The number of hydrogen-bond donors (Lipinski definition) is 1. The third-order valence-corrected chi connectivity index (χ3v) is 4.07. The van der Waals surface area contributed by atoms with E-state index in [1.165, 1.54) is 0 Å². The van der Waals surface area contributed by atoms with Crippen molar-refractivity contribution in [1.82, 2.24) is 30.5 Å². The minimum Gasteiger partial charge on any atom is -0.332 e. The molecule has 0 atom stereocenters. The lowest BCUT2D eigenvalue weighted by Gasteiger charge is -2.26. The van der Waals surface area contributed by atoms with Gasteiger partial charge in [-0.3, -0.25) is 0 Å². The predicted octanol–water partition coefficient (Wildman–Crippen LogP) is 1.12. The van der Waals surface area contributed by atoms with E-state index in [1.807, 2.05) is 10.9 Å². The molecular formula is C11H16N6OS. The van der Waals surface area contributed by atoms with Gasteiger partial charge in [0.2, 0.25) is 0 Å². The summed E-state index contributed by atoms with van der Waals surface area (Å²) < 4.78 is 7.07. The quantitative estimate of drug-likeness (QED) is 0.794. The highest BCUT2D eigenvalue weighted by Gasteiger charge is 2.21. The van der Waals surface area contributed by atoms with Crippen molar-refractivity contribution in [2.75, 3.05) is 18.8 Å². The van der Waals surface area contributed by atoms with Crippen LogP contribution in [0.3, 0.4) is 0 Å². The molecule has 1 N–H and O–H groups in total. The van der Waals surface area contributed by atoms with Gasteiger partial charge in [0, 0.05) is 13.1 Å². The standard InChI is InChI=1S/C11H16N6OS/c1-2-3-19-7-10-13-11(18-15-10)9-6-17(16-14-9)8-4-12-5-8/h6,8,12H,2-5,7H2,1H3. The Morgan fingerprint density at radius 3 is 3.16 bits per heavy atom. The van der Waals surface area contributed by atoms with Crippen LogP contribution in [-0.4, -0.2) is 44.0 Å². The van der Waals surface area contributed by atoms with Crippen molar-refractivity contribution in [1.29, 1.82) is 0 Å². The Balaban J connectivity index is 1.66. The molecular weight excluding hydrogens is 264 g/mol. The molecule has 1 saturated heterocycles. The van der Waals surface area contributed by atoms with Crippen molar-refractivity contribution in [2.45, 2.75) is 25.1 Å². The first-order valence-corrected chi connectivity index (χ1v) is 7.55. The summed E-state index contributed by atoms with van der Waals surface area (Å²) in [6, 6.07) is 0.392. The maximum absolute atomic E-state index is 5.22. The van der Waals surface area contributed by atoms with Crippen LogP contribution in [-0.2, 0) is 5.75 Å². The average Bonchev–Trinajstić information content (AvgIpc) is 2.96. The van der Waals surface area contributed by atoms with Gasteiger partial charge in [0.25, 0.3) is 5.89 Å². The van der Waals surface area contributed by atoms with Gasteiger partial charge in [-0.25, -0.2) is 4.68 Å². The van der Waals surface area contributed by atoms with E-state index >= 15 is 0 Å². The van der Waals surface area contributed by atoms with E-state index < -0.39 is 0 Å². The molecule has 0 radical (unpaired) electrons. The van der Waals surface area contributed by atoms with E-state index in [0.717, 1.165) is 31.0 Å². The Morgan fingerprint density at radius 2 is 2.42 bits per heavy atom. The molecule has 0 bridgehead atoms. The molecule has 1 aliphatic heterocycles. The molecule has 0 amide bonds. The van der Waals surface area contributed by atoms with E-state index in [2.05, 4.69) is 32.7 Å². The summed E-state index contributed by atoms with van der Waals surface area (Å²) in [5.74, 6) is 3.05. The lowest BCUT2D eigenvalue weighted by molar-refractivity contribution is 0.313. The van der Waals surface area contributed by atoms with Gasteiger partial charge >= 0.3 is 0 Å².